The van der Waals surface area contributed by atoms with Gasteiger partial charge in [0.1, 0.15) is 6.61 Å². The molecule has 0 fully saturated rings. The summed E-state index contributed by atoms with van der Waals surface area (Å²) in [6, 6.07) is 3.66. The molecule has 0 bridgehead atoms. The molecular weight excluding hydrogens is 232 g/mol. The number of nitrogens with two attached hydrogens (primary N) is 1. The van der Waals surface area contributed by atoms with Crippen LogP contribution >= 0.6 is 15.9 Å². The summed E-state index contributed by atoms with van der Waals surface area (Å²) >= 11 is 3.33. The Morgan fingerprint density at radius 2 is 2.31 bits per heavy atom. The van der Waals surface area contributed by atoms with Gasteiger partial charge in [0.25, 0.3) is 0 Å². The molecule has 0 aliphatic rings. The van der Waals surface area contributed by atoms with Crippen LogP contribution in [0.3, 0.4) is 0 Å². The van der Waals surface area contributed by atoms with Gasteiger partial charge in [-0.15, -0.1) is 0 Å². The van der Waals surface area contributed by atoms with Crippen LogP contribution in [-0.4, -0.2) is 17.1 Å². The van der Waals surface area contributed by atoms with Crippen LogP contribution in [0.4, 0.5) is 0 Å². The molecule has 0 spiro atoms. The van der Waals surface area contributed by atoms with Crippen LogP contribution in [0.25, 0.3) is 0 Å². The third kappa shape index (κ3) is 4.24. The molecule has 4 heteroatoms. The molecule has 0 radical (unpaired) electrons. The summed E-state index contributed by atoms with van der Waals surface area (Å²) in [4.78, 5) is 4.03. The minimum absolute atomic E-state index is 0.329. The second kappa shape index (κ2) is 4.07. The smallest absolute Gasteiger partial charge is 0.214 e. The van der Waals surface area contributed by atoms with E-state index >= 15 is 0 Å². The number of hydrogen-bond donors (Lipinski definition) is 1. The highest BCUT2D eigenvalue weighted by molar-refractivity contribution is 9.10. The first-order valence-electron chi connectivity index (χ1n) is 4.01. The predicted molar refractivity (Wildman–Crippen MR) is 55.7 cm³/mol. The molecule has 1 aromatic rings. The van der Waals surface area contributed by atoms with Gasteiger partial charge in [-0.3, -0.25) is 0 Å². The van der Waals surface area contributed by atoms with Crippen LogP contribution < -0.4 is 10.5 Å². The van der Waals surface area contributed by atoms with Gasteiger partial charge in [-0.25, -0.2) is 4.98 Å². The lowest BCUT2D eigenvalue weighted by Crippen LogP contribution is -2.38. The molecule has 0 saturated carbocycles. The first-order valence-corrected chi connectivity index (χ1v) is 4.80. The molecule has 0 atom stereocenters. The second-order valence-corrected chi connectivity index (χ2v) is 4.51. The van der Waals surface area contributed by atoms with E-state index in [1.165, 1.54) is 0 Å². The Bertz CT molecular complexity index is 283. The van der Waals surface area contributed by atoms with E-state index in [1.54, 1.807) is 6.20 Å². The monoisotopic (exact) mass is 244 g/mol. The quantitative estimate of drug-likeness (QED) is 0.885. The van der Waals surface area contributed by atoms with Crippen molar-refractivity contribution in [3.05, 3.63) is 22.8 Å². The van der Waals surface area contributed by atoms with E-state index in [9.17, 15) is 0 Å². The van der Waals surface area contributed by atoms with Gasteiger partial charge in [0.05, 0.1) is 0 Å². The lowest BCUT2D eigenvalue weighted by atomic mass is 10.1. The zero-order chi connectivity index (χ0) is 9.90. The predicted octanol–water partition coefficient (Wildman–Crippen LogP) is 1.96. The van der Waals surface area contributed by atoms with Crippen LogP contribution in [0.15, 0.2) is 22.8 Å². The largest absolute Gasteiger partial charge is 0.476 e. The van der Waals surface area contributed by atoms with Gasteiger partial charge in [0.2, 0.25) is 5.88 Å². The number of pyridine rings is 1. The Morgan fingerprint density at radius 3 is 2.85 bits per heavy atom. The Hall–Kier alpha value is -0.610. The fourth-order valence-electron chi connectivity index (χ4n) is 0.724. The van der Waals surface area contributed by atoms with Crippen molar-refractivity contribution in [3.63, 3.8) is 0 Å². The van der Waals surface area contributed by atoms with Crippen molar-refractivity contribution in [2.45, 2.75) is 19.4 Å². The Morgan fingerprint density at radius 1 is 1.62 bits per heavy atom. The average Bonchev–Trinajstić information content (AvgIpc) is 2.00. The third-order valence-electron chi connectivity index (χ3n) is 1.29. The van der Waals surface area contributed by atoms with Crippen LogP contribution in [0.2, 0.25) is 0 Å². The van der Waals surface area contributed by atoms with Crippen molar-refractivity contribution in [3.8, 4) is 5.88 Å². The van der Waals surface area contributed by atoms with Gasteiger partial charge in [0.15, 0.2) is 0 Å². The summed E-state index contributed by atoms with van der Waals surface area (Å²) in [5.41, 5.74) is 5.43. The van der Waals surface area contributed by atoms with Crippen LogP contribution in [-0.2, 0) is 0 Å². The fourth-order valence-corrected chi connectivity index (χ4v) is 1.04. The maximum absolute atomic E-state index is 5.76. The molecule has 0 amide bonds. The first-order chi connectivity index (χ1) is 5.97. The third-order valence-corrected chi connectivity index (χ3v) is 1.78. The highest BCUT2D eigenvalue weighted by Gasteiger charge is 2.11. The molecule has 2 N–H and O–H groups in total. The minimum Gasteiger partial charge on any atom is -0.476 e. The van der Waals surface area contributed by atoms with Crippen molar-refractivity contribution in [1.82, 2.24) is 4.98 Å². The van der Waals surface area contributed by atoms with Gasteiger partial charge < -0.3 is 10.5 Å². The van der Waals surface area contributed by atoms with E-state index in [0.29, 0.717) is 12.5 Å². The number of nitrogens with zero attached hydrogens (tertiary/aromatic N) is 1. The number of aromatic nitrogens is 1. The molecule has 13 heavy (non-hydrogen) atoms. The molecule has 0 unspecified atom stereocenters. The summed E-state index contributed by atoms with van der Waals surface area (Å²) in [7, 11) is 0. The molecule has 1 heterocycles. The number of halogens is 1. The summed E-state index contributed by atoms with van der Waals surface area (Å²) in [6.45, 7) is 4.27. The van der Waals surface area contributed by atoms with Crippen molar-refractivity contribution in [2.75, 3.05) is 6.61 Å². The van der Waals surface area contributed by atoms with E-state index in [1.807, 2.05) is 26.0 Å². The van der Waals surface area contributed by atoms with Crippen molar-refractivity contribution in [1.29, 1.82) is 0 Å². The van der Waals surface area contributed by atoms with E-state index in [2.05, 4.69) is 20.9 Å². The summed E-state index contributed by atoms with van der Waals surface area (Å²) in [5.74, 6) is 0.591. The first kappa shape index (κ1) is 10.5. The van der Waals surface area contributed by atoms with Gasteiger partial charge in [-0.2, -0.15) is 0 Å². The average molecular weight is 245 g/mol. The van der Waals surface area contributed by atoms with Crippen LogP contribution in [0.5, 0.6) is 5.88 Å². The molecular formula is C9H13BrN2O. The standard InChI is InChI=1S/C9H13BrN2O/c1-9(2,11)6-13-8-5-7(10)3-4-12-8/h3-5H,6,11H2,1-2H3. The Labute approximate surface area is 86.4 Å². The maximum Gasteiger partial charge on any atom is 0.214 e. The minimum atomic E-state index is -0.329. The summed E-state index contributed by atoms with van der Waals surface area (Å²) < 4.78 is 6.34. The van der Waals surface area contributed by atoms with Crippen LogP contribution in [0, 0.1) is 0 Å². The topological polar surface area (TPSA) is 48.1 Å². The molecule has 1 rings (SSSR count). The van der Waals surface area contributed by atoms with Gasteiger partial charge >= 0.3 is 0 Å². The molecule has 3 nitrogen and oxygen atoms in total. The van der Waals surface area contributed by atoms with E-state index < -0.39 is 0 Å². The van der Waals surface area contributed by atoms with Crippen LogP contribution in [0.1, 0.15) is 13.8 Å². The van der Waals surface area contributed by atoms with Gasteiger partial charge in [-0.1, -0.05) is 15.9 Å². The number of hydrogen-bond acceptors (Lipinski definition) is 3. The van der Waals surface area contributed by atoms with Crippen molar-refractivity contribution < 1.29 is 4.74 Å². The maximum atomic E-state index is 5.76. The van der Waals surface area contributed by atoms with Gasteiger partial charge in [-0.05, 0) is 19.9 Å². The normalized spacial score (nSPS) is 11.4. The number of ether oxygens (including phenoxy) is 1. The SMILES string of the molecule is CC(C)(N)COc1cc(Br)ccn1. The van der Waals surface area contributed by atoms with E-state index in [0.717, 1.165) is 4.47 Å². The van der Waals surface area contributed by atoms with E-state index in [4.69, 9.17) is 10.5 Å². The van der Waals surface area contributed by atoms with E-state index in [-0.39, 0.29) is 5.54 Å². The lowest BCUT2D eigenvalue weighted by Gasteiger charge is -2.18. The fraction of sp³-hybridized carbons (Fsp3) is 0.444. The Kier molecular flexibility index (Phi) is 3.27. The van der Waals surface area contributed by atoms with Crippen molar-refractivity contribution >= 4 is 15.9 Å². The highest BCUT2D eigenvalue weighted by atomic mass is 79.9. The summed E-state index contributed by atoms with van der Waals surface area (Å²) in [6.07, 6.45) is 1.68. The molecule has 0 saturated heterocycles. The van der Waals surface area contributed by atoms with Gasteiger partial charge in [0, 0.05) is 22.3 Å². The highest BCUT2D eigenvalue weighted by Crippen LogP contribution is 2.15. The zero-order valence-corrected chi connectivity index (χ0v) is 9.34. The lowest BCUT2D eigenvalue weighted by molar-refractivity contribution is 0.235. The summed E-state index contributed by atoms with van der Waals surface area (Å²) in [5, 5.41) is 0. The second-order valence-electron chi connectivity index (χ2n) is 3.59. The van der Waals surface area contributed by atoms with Crippen molar-refractivity contribution in [2.24, 2.45) is 5.73 Å². The molecule has 0 aliphatic carbocycles. The number of rotatable bonds is 3. The molecule has 1 aromatic heterocycles. The molecule has 72 valence electrons. The molecule has 0 aliphatic heterocycles. The molecule has 0 aromatic carbocycles. The zero-order valence-electron chi connectivity index (χ0n) is 7.75. The Balaban J connectivity index is 2.55.